The minimum Gasteiger partial charge on any atom is -0.462 e. The second-order valence-corrected chi connectivity index (χ2v) is 4.65. The Bertz CT molecular complexity index is 358. The molecule has 1 aromatic rings. The highest BCUT2D eigenvalue weighted by molar-refractivity contribution is 5.74. The topological polar surface area (TPSA) is 26.3 Å². The number of carbonyl (C=O) groups excluding carboxylic acids is 1. The number of hydrogen-bond acceptors (Lipinski definition) is 2. The predicted octanol–water partition coefficient (Wildman–Crippen LogP) is 2.82. The van der Waals surface area contributed by atoms with Gasteiger partial charge in [-0.1, -0.05) is 44.2 Å². The first-order valence-electron chi connectivity index (χ1n) is 5.93. The Hall–Kier alpha value is -1.31. The van der Waals surface area contributed by atoms with Crippen LogP contribution < -0.4 is 0 Å². The molecule has 0 radical (unpaired) electrons. The summed E-state index contributed by atoms with van der Waals surface area (Å²) in [6.07, 6.45) is 2.01. The fourth-order valence-corrected chi connectivity index (χ4v) is 2.18. The average molecular weight is 218 g/mol. The fraction of sp³-hybridized carbons (Fsp3) is 0.500. The Morgan fingerprint density at radius 2 is 1.88 bits per heavy atom. The van der Waals surface area contributed by atoms with E-state index in [1.807, 2.05) is 25.1 Å². The molecule has 0 spiro atoms. The molecule has 0 N–H and O–H groups in total. The van der Waals surface area contributed by atoms with Crippen molar-refractivity contribution in [1.82, 2.24) is 0 Å². The lowest BCUT2D eigenvalue weighted by molar-refractivity contribution is -0.144. The molecular formula is C14H18O2. The van der Waals surface area contributed by atoms with Gasteiger partial charge >= 0.3 is 5.97 Å². The van der Waals surface area contributed by atoms with Crippen LogP contribution in [0.15, 0.2) is 30.3 Å². The van der Waals surface area contributed by atoms with Crippen molar-refractivity contribution in [2.24, 2.45) is 11.8 Å². The molecule has 1 heterocycles. The zero-order valence-corrected chi connectivity index (χ0v) is 9.85. The van der Waals surface area contributed by atoms with E-state index in [0.717, 1.165) is 12.8 Å². The molecule has 0 bridgehead atoms. The maximum Gasteiger partial charge on any atom is 0.309 e. The Morgan fingerprint density at radius 3 is 2.44 bits per heavy atom. The second kappa shape index (κ2) is 4.69. The van der Waals surface area contributed by atoms with Gasteiger partial charge in [-0.3, -0.25) is 4.79 Å². The monoisotopic (exact) mass is 218 g/mol. The number of benzene rings is 1. The normalized spacial score (nSPS) is 29.1. The van der Waals surface area contributed by atoms with Crippen LogP contribution in [0, 0.1) is 11.8 Å². The van der Waals surface area contributed by atoms with E-state index in [9.17, 15) is 4.79 Å². The number of aryl methyl sites for hydroxylation is 1. The van der Waals surface area contributed by atoms with E-state index in [0.29, 0.717) is 5.92 Å². The van der Waals surface area contributed by atoms with Gasteiger partial charge in [-0.15, -0.1) is 0 Å². The number of rotatable bonds is 3. The van der Waals surface area contributed by atoms with E-state index in [-0.39, 0.29) is 18.0 Å². The summed E-state index contributed by atoms with van der Waals surface area (Å²) >= 11 is 0. The lowest BCUT2D eigenvalue weighted by Crippen LogP contribution is -2.16. The van der Waals surface area contributed by atoms with E-state index >= 15 is 0 Å². The van der Waals surface area contributed by atoms with Crippen LogP contribution in [0.2, 0.25) is 0 Å². The van der Waals surface area contributed by atoms with Crippen LogP contribution in [0.1, 0.15) is 25.8 Å². The molecule has 1 aromatic carbocycles. The SMILES string of the molecule is CC1C(=O)O[C@@H](CCc2ccccc2)[C@@H]1C. The molecular weight excluding hydrogens is 200 g/mol. The van der Waals surface area contributed by atoms with Crippen LogP contribution in [-0.4, -0.2) is 12.1 Å². The van der Waals surface area contributed by atoms with Gasteiger partial charge in [0.1, 0.15) is 6.10 Å². The first-order valence-corrected chi connectivity index (χ1v) is 5.93. The van der Waals surface area contributed by atoms with Crippen LogP contribution in [0.5, 0.6) is 0 Å². The van der Waals surface area contributed by atoms with Gasteiger partial charge in [0.2, 0.25) is 0 Å². The Labute approximate surface area is 96.6 Å². The Morgan fingerprint density at radius 1 is 1.19 bits per heavy atom. The summed E-state index contributed by atoms with van der Waals surface area (Å²) in [5.74, 6) is 0.363. The van der Waals surface area contributed by atoms with Crippen molar-refractivity contribution in [1.29, 1.82) is 0 Å². The third-order valence-electron chi connectivity index (χ3n) is 3.57. The minimum absolute atomic E-state index is 0.0365. The molecule has 1 aliphatic heterocycles. The van der Waals surface area contributed by atoms with Gasteiger partial charge < -0.3 is 4.74 Å². The highest BCUT2D eigenvalue weighted by atomic mass is 16.6. The molecule has 0 aromatic heterocycles. The van der Waals surface area contributed by atoms with Gasteiger partial charge in [0.15, 0.2) is 0 Å². The molecule has 1 unspecified atom stereocenters. The Kier molecular flexibility index (Phi) is 3.28. The number of cyclic esters (lactones) is 1. The summed E-state index contributed by atoms with van der Waals surface area (Å²) in [6.45, 7) is 4.06. The van der Waals surface area contributed by atoms with Crippen LogP contribution in [0.4, 0.5) is 0 Å². The second-order valence-electron chi connectivity index (χ2n) is 4.65. The lowest BCUT2D eigenvalue weighted by atomic mass is 9.91. The van der Waals surface area contributed by atoms with Gasteiger partial charge in [0.25, 0.3) is 0 Å². The van der Waals surface area contributed by atoms with Gasteiger partial charge in [0, 0.05) is 5.92 Å². The molecule has 2 heteroatoms. The van der Waals surface area contributed by atoms with E-state index in [1.54, 1.807) is 0 Å². The molecule has 3 atom stereocenters. The molecule has 1 aliphatic rings. The van der Waals surface area contributed by atoms with Crippen LogP contribution in [0.3, 0.4) is 0 Å². The third kappa shape index (κ3) is 2.26. The molecule has 86 valence electrons. The summed E-state index contributed by atoms with van der Waals surface area (Å²) in [7, 11) is 0. The van der Waals surface area contributed by atoms with Crippen molar-refractivity contribution in [3.63, 3.8) is 0 Å². The number of ether oxygens (including phenoxy) is 1. The zero-order chi connectivity index (χ0) is 11.5. The van der Waals surface area contributed by atoms with E-state index < -0.39 is 0 Å². The highest BCUT2D eigenvalue weighted by Crippen LogP contribution is 2.30. The van der Waals surface area contributed by atoms with Crippen molar-refractivity contribution >= 4 is 5.97 Å². The summed E-state index contributed by atoms with van der Waals surface area (Å²) in [5.41, 5.74) is 1.31. The van der Waals surface area contributed by atoms with Crippen LogP contribution in [-0.2, 0) is 16.0 Å². The summed E-state index contributed by atoms with van der Waals surface area (Å²) < 4.78 is 5.37. The van der Waals surface area contributed by atoms with Crippen molar-refractivity contribution in [2.45, 2.75) is 32.8 Å². The molecule has 2 rings (SSSR count). The number of esters is 1. The molecule has 1 fully saturated rings. The molecule has 16 heavy (non-hydrogen) atoms. The van der Waals surface area contributed by atoms with E-state index in [4.69, 9.17) is 4.74 Å². The van der Waals surface area contributed by atoms with Crippen LogP contribution >= 0.6 is 0 Å². The van der Waals surface area contributed by atoms with Crippen LogP contribution in [0.25, 0.3) is 0 Å². The maximum atomic E-state index is 11.4. The molecule has 2 nitrogen and oxygen atoms in total. The molecule has 0 saturated carbocycles. The minimum atomic E-state index is -0.0365. The van der Waals surface area contributed by atoms with Gasteiger partial charge in [-0.05, 0) is 18.4 Å². The number of carbonyl (C=O) groups is 1. The zero-order valence-electron chi connectivity index (χ0n) is 9.85. The number of hydrogen-bond donors (Lipinski definition) is 0. The summed E-state index contributed by atoms with van der Waals surface area (Å²) in [5, 5.41) is 0. The first kappa shape index (κ1) is 11.2. The van der Waals surface area contributed by atoms with Crippen molar-refractivity contribution in [3.8, 4) is 0 Å². The van der Waals surface area contributed by atoms with Gasteiger partial charge in [0.05, 0.1) is 5.92 Å². The van der Waals surface area contributed by atoms with E-state index in [1.165, 1.54) is 5.56 Å². The highest BCUT2D eigenvalue weighted by Gasteiger charge is 2.37. The maximum absolute atomic E-state index is 11.4. The largest absolute Gasteiger partial charge is 0.462 e. The third-order valence-corrected chi connectivity index (χ3v) is 3.57. The van der Waals surface area contributed by atoms with Crippen molar-refractivity contribution < 1.29 is 9.53 Å². The average Bonchev–Trinajstić information content (AvgIpc) is 2.56. The molecule has 1 saturated heterocycles. The molecule has 0 amide bonds. The van der Waals surface area contributed by atoms with Crippen molar-refractivity contribution in [2.75, 3.05) is 0 Å². The smallest absolute Gasteiger partial charge is 0.309 e. The standard InChI is InChI=1S/C14H18O2/c1-10-11(2)14(15)16-13(10)9-8-12-6-4-3-5-7-12/h3-7,10-11,13H,8-9H2,1-2H3/t10-,11?,13+/m1/s1. The lowest BCUT2D eigenvalue weighted by Gasteiger charge is -2.14. The quantitative estimate of drug-likeness (QED) is 0.729. The van der Waals surface area contributed by atoms with Crippen molar-refractivity contribution in [3.05, 3.63) is 35.9 Å². The summed E-state index contributed by atoms with van der Waals surface area (Å²) in [4.78, 5) is 11.4. The first-order chi connectivity index (χ1) is 7.68. The van der Waals surface area contributed by atoms with Gasteiger partial charge in [-0.25, -0.2) is 0 Å². The Balaban J connectivity index is 1.90. The summed E-state index contributed by atoms with van der Waals surface area (Å²) in [6, 6.07) is 10.3. The fourth-order valence-electron chi connectivity index (χ4n) is 2.18. The van der Waals surface area contributed by atoms with E-state index in [2.05, 4.69) is 19.1 Å². The predicted molar refractivity (Wildman–Crippen MR) is 63.0 cm³/mol. The molecule has 0 aliphatic carbocycles. The van der Waals surface area contributed by atoms with Gasteiger partial charge in [-0.2, -0.15) is 0 Å².